The Morgan fingerprint density at radius 2 is 1.90 bits per heavy atom. The van der Waals surface area contributed by atoms with Gasteiger partial charge < -0.3 is 15.2 Å². The molecule has 21 heavy (non-hydrogen) atoms. The van der Waals surface area contributed by atoms with Crippen molar-refractivity contribution >= 4 is 11.9 Å². The van der Waals surface area contributed by atoms with Gasteiger partial charge in [0.15, 0.2) is 0 Å². The number of rotatable bonds is 8. The molecule has 0 aliphatic heterocycles. The van der Waals surface area contributed by atoms with Gasteiger partial charge in [-0.05, 0) is 25.0 Å². The lowest BCUT2D eigenvalue weighted by atomic mass is 9.99. The van der Waals surface area contributed by atoms with Gasteiger partial charge in [-0.2, -0.15) is 0 Å². The predicted octanol–water partition coefficient (Wildman–Crippen LogP) is 2.38. The summed E-state index contributed by atoms with van der Waals surface area (Å²) in [5.41, 5.74) is 1.14. The maximum absolute atomic E-state index is 11.8. The second kappa shape index (κ2) is 8.29. The third-order valence-corrected chi connectivity index (χ3v) is 3.41. The average molecular weight is 293 g/mol. The zero-order chi connectivity index (χ0) is 15.8. The fraction of sp³-hybridized carbons (Fsp3) is 0.500. The van der Waals surface area contributed by atoms with E-state index in [4.69, 9.17) is 9.84 Å². The van der Waals surface area contributed by atoms with Gasteiger partial charge in [-0.15, -0.1) is 0 Å². The Bertz CT molecular complexity index is 470. The van der Waals surface area contributed by atoms with Crippen LogP contribution in [0.2, 0.25) is 0 Å². The Kier molecular flexibility index (Phi) is 6.72. The Labute approximate surface area is 125 Å². The fourth-order valence-electron chi connectivity index (χ4n) is 1.82. The number of nitrogens with one attached hydrogen (secondary N) is 1. The van der Waals surface area contributed by atoms with E-state index in [0.29, 0.717) is 12.2 Å². The highest BCUT2D eigenvalue weighted by Crippen LogP contribution is 2.12. The number of benzene rings is 1. The van der Waals surface area contributed by atoms with Crippen LogP contribution in [0.5, 0.6) is 5.75 Å². The number of ether oxygens (including phenoxy) is 1. The van der Waals surface area contributed by atoms with Gasteiger partial charge in [-0.1, -0.05) is 38.0 Å². The monoisotopic (exact) mass is 293 g/mol. The number of carboxylic acids is 1. The van der Waals surface area contributed by atoms with Crippen LogP contribution in [-0.2, 0) is 9.59 Å². The molecule has 116 valence electrons. The summed E-state index contributed by atoms with van der Waals surface area (Å²) in [6, 6.07) is 6.69. The first-order valence-corrected chi connectivity index (χ1v) is 7.15. The molecule has 1 amide bonds. The average Bonchev–Trinajstić information content (AvgIpc) is 2.45. The lowest BCUT2D eigenvalue weighted by Crippen LogP contribution is -2.45. The predicted molar refractivity (Wildman–Crippen MR) is 80.3 cm³/mol. The minimum atomic E-state index is -1.00. The molecule has 0 radical (unpaired) electrons. The number of hydrogen-bond acceptors (Lipinski definition) is 3. The van der Waals surface area contributed by atoms with Crippen molar-refractivity contribution in [2.24, 2.45) is 5.92 Å². The Balaban J connectivity index is 2.39. The number of carbonyl (C=O) groups is 2. The van der Waals surface area contributed by atoms with Crippen LogP contribution < -0.4 is 10.1 Å². The molecular weight excluding hydrogens is 270 g/mol. The number of aryl methyl sites for hydroxylation is 1. The zero-order valence-corrected chi connectivity index (χ0v) is 12.8. The topological polar surface area (TPSA) is 75.6 Å². The first kappa shape index (κ1) is 17.0. The molecular formula is C16H23NO4. The van der Waals surface area contributed by atoms with E-state index in [1.165, 1.54) is 0 Å². The van der Waals surface area contributed by atoms with Crippen LogP contribution in [0.4, 0.5) is 0 Å². The van der Waals surface area contributed by atoms with Crippen LogP contribution in [0.1, 0.15) is 32.3 Å². The maximum Gasteiger partial charge on any atom is 0.326 e. The molecule has 2 atom stereocenters. The van der Waals surface area contributed by atoms with Crippen LogP contribution in [0, 0.1) is 12.8 Å². The van der Waals surface area contributed by atoms with Gasteiger partial charge in [-0.3, -0.25) is 4.79 Å². The molecule has 0 saturated carbocycles. The summed E-state index contributed by atoms with van der Waals surface area (Å²) >= 11 is 0. The van der Waals surface area contributed by atoms with E-state index in [1.807, 2.05) is 45.0 Å². The second-order valence-electron chi connectivity index (χ2n) is 5.18. The van der Waals surface area contributed by atoms with Gasteiger partial charge in [0, 0.05) is 0 Å². The third-order valence-electron chi connectivity index (χ3n) is 3.41. The molecule has 0 spiro atoms. The summed E-state index contributed by atoms with van der Waals surface area (Å²) in [6.45, 7) is 5.91. The summed E-state index contributed by atoms with van der Waals surface area (Å²) in [4.78, 5) is 22.9. The summed E-state index contributed by atoms with van der Waals surface area (Å²) in [5, 5.41) is 11.7. The summed E-state index contributed by atoms with van der Waals surface area (Å²) in [5.74, 6) is -0.721. The molecule has 1 aromatic carbocycles. The molecule has 5 nitrogen and oxygen atoms in total. The van der Waals surface area contributed by atoms with Crippen LogP contribution >= 0.6 is 0 Å². The molecule has 0 fully saturated rings. The lowest BCUT2D eigenvalue weighted by Gasteiger charge is -2.20. The van der Waals surface area contributed by atoms with Crippen LogP contribution in [0.25, 0.3) is 0 Å². The molecule has 0 heterocycles. The van der Waals surface area contributed by atoms with Crippen LogP contribution in [0.15, 0.2) is 24.3 Å². The van der Waals surface area contributed by atoms with Crippen molar-refractivity contribution < 1.29 is 19.4 Å². The van der Waals surface area contributed by atoms with Crippen molar-refractivity contribution in [2.75, 3.05) is 6.61 Å². The highest BCUT2D eigenvalue weighted by Gasteiger charge is 2.24. The lowest BCUT2D eigenvalue weighted by molar-refractivity contribution is -0.143. The quantitative estimate of drug-likeness (QED) is 0.771. The van der Waals surface area contributed by atoms with E-state index in [1.54, 1.807) is 0 Å². The van der Waals surface area contributed by atoms with Gasteiger partial charge in [0.05, 0.1) is 13.0 Å². The number of hydrogen-bond donors (Lipinski definition) is 2. The number of carboxylic acid groups (broad SMARTS) is 1. The van der Waals surface area contributed by atoms with Crippen molar-refractivity contribution in [1.29, 1.82) is 0 Å². The Morgan fingerprint density at radius 3 is 2.43 bits per heavy atom. The van der Waals surface area contributed by atoms with Gasteiger partial charge >= 0.3 is 5.97 Å². The summed E-state index contributed by atoms with van der Waals surface area (Å²) in [7, 11) is 0. The van der Waals surface area contributed by atoms with Crippen LogP contribution in [-0.4, -0.2) is 29.6 Å². The zero-order valence-electron chi connectivity index (χ0n) is 12.8. The number of aliphatic carboxylic acids is 1. The van der Waals surface area contributed by atoms with Crippen molar-refractivity contribution in [3.05, 3.63) is 29.8 Å². The SMILES string of the molecule is CC[C@H](C)[C@H](NC(=O)CCOc1ccc(C)cc1)C(=O)O. The molecule has 1 rings (SSSR count). The van der Waals surface area contributed by atoms with E-state index in [2.05, 4.69) is 5.32 Å². The molecule has 0 bridgehead atoms. The molecule has 0 aromatic heterocycles. The molecule has 0 aliphatic carbocycles. The smallest absolute Gasteiger partial charge is 0.326 e. The minimum Gasteiger partial charge on any atom is -0.493 e. The van der Waals surface area contributed by atoms with Crippen molar-refractivity contribution in [2.45, 2.75) is 39.7 Å². The molecule has 1 aromatic rings. The van der Waals surface area contributed by atoms with Crippen molar-refractivity contribution in [1.82, 2.24) is 5.32 Å². The van der Waals surface area contributed by atoms with Gasteiger partial charge in [0.25, 0.3) is 0 Å². The number of amides is 1. The van der Waals surface area contributed by atoms with E-state index in [9.17, 15) is 9.59 Å². The number of carbonyl (C=O) groups excluding carboxylic acids is 1. The first-order valence-electron chi connectivity index (χ1n) is 7.15. The van der Waals surface area contributed by atoms with E-state index in [0.717, 1.165) is 5.56 Å². The van der Waals surface area contributed by atoms with Gasteiger partial charge in [-0.25, -0.2) is 4.79 Å². The van der Waals surface area contributed by atoms with Gasteiger partial charge in [0.1, 0.15) is 11.8 Å². The van der Waals surface area contributed by atoms with E-state index in [-0.39, 0.29) is 24.9 Å². The normalized spacial score (nSPS) is 13.3. The minimum absolute atomic E-state index is 0.107. The molecule has 5 heteroatoms. The molecule has 0 unspecified atom stereocenters. The highest BCUT2D eigenvalue weighted by atomic mass is 16.5. The highest BCUT2D eigenvalue weighted by molar-refractivity contribution is 5.83. The summed E-state index contributed by atoms with van der Waals surface area (Å²) < 4.78 is 5.45. The van der Waals surface area contributed by atoms with E-state index >= 15 is 0 Å². The summed E-state index contributed by atoms with van der Waals surface area (Å²) in [6.07, 6.45) is 0.825. The molecule has 0 aliphatic rings. The van der Waals surface area contributed by atoms with E-state index < -0.39 is 12.0 Å². The molecule has 0 saturated heterocycles. The third kappa shape index (κ3) is 5.85. The Hall–Kier alpha value is -2.04. The standard InChI is InChI=1S/C16H23NO4/c1-4-12(3)15(16(19)20)17-14(18)9-10-21-13-7-5-11(2)6-8-13/h5-8,12,15H,4,9-10H2,1-3H3,(H,17,18)(H,19,20)/t12-,15-/m0/s1. The Morgan fingerprint density at radius 1 is 1.29 bits per heavy atom. The van der Waals surface area contributed by atoms with Crippen LogP contribution in [0.3, 0.4) is 0 Å². The molecule has 2 N–H and O–H groups in total. The first-order chi connectivity index (χ1) is 9.93. The largest absolute Gasteiger partial charge is 0.493 e. The maximum atomic E-state index is 11.8. The fourth-order valence-corrected chi connectivity index (χ4v) is 1.82. The van der Waals surface area contributed by atoms with Gasteiger partial charge in [0.2, 0.25) is 5.91 Å². The van der Waals surface area contributed by atoms with Crippen molar-refractivity contribution in [3.63, 3.8) is 0 Å². The second-order valence-corrected chi connectivity index (χ2v) is 5.18. The van der Waals surface area contributed by atoms with Crippen molar-refractivity contribution in [3.8, 4) is 5.75 Å².